The van der Waals surface area contributed by atoms with Crippen LogP contribution in [0, 0.1) is 5.92 Å². The number of pyridine rings is 1. The maximum absolute atomic E-state index is 5.58. The van der Waals surface area contributed by atoms with E-state index in [4.69, 9.17) is 17.0 Å². The van der Waals surface area contributed by atoms with Gasteiger partial charge in [0.05, 0.1) is 18.0 Å². The zero-order chi connectivity index (χ0) is 16.1. The quantitative estimate of drug-likeness (QED) is 0.826. The van der Waals surface area contributed by atoms with Gasteiger partial charge in [-0.25, -0.2) is 4.98 Å². The Morgan fingerprint density at radius 3 is 3.00 bits per heavy atom. The van der Waals surface area contributed by atoms with Crippen molar-refractivity contribution in [3.63, 3.8) is 0 Å². The number of hydrogen-bond donors (Lipinski definition) is 2. The van der Waals surface area contributed by atoms with E-state index in [0.717, 1.165) is 56.5 Å². The number of rotatable bonds is 4. The first-order valence-electron chi connectivity index (χ1n) is 8.58. The van der Waals surface area contributed by atoms with E-state index in [0.29, 0.717) is 5.11 Å². The standard InChI is InChI=1S/C17H26N4OS/c1-13-4-2-8-21(12-13)16-7-6-14(10-18-16)20-17(23)19-11-15-5-3-9-22-15/h6-7,10,13,15H,2-5,8-9,11-12H2,1H3,(H2,19,20,23)/t13-,15+/m0/s1. The molecule has 2 fully saturated rings. The number of anilines is 2. The van der Waals surface area contributed by atoms with Gasteiger partial charge in [0.1, 0.15) is 5.82 Å². The molecule has 2 atom stereocenters. The monoisotopic (exact) mass is 334 g/mol. The van der Waals surface area contributed by atoms with Gasteiger partial charge in [0, 0.05) is 26.2 Å². The Morgan fingerprint density at radius 2 is 2.30 bits per heavy atom. The molecule has 23 heavy (non-hydrogen) atoms. The van der Waals surface area contributed by atoms with Crippen LogP contribution in [0.5, 0.6) is 0 Å². The van der Waals surface area contributed by atoms with Gasteiger partial charge in [-0.1, -0.05) is 6.92 Å². The molecule has 2 N–H and O–H groups in total. The first kappa shape index (κ1) is 16.5. The molecule has 0 spiro atoms. The van der Waals surface area contributed by atoms with Gasteiger partial charge in [-0.15, -0.1) is 0 Å². The van der Waals surface area contributed by atoms with Gasteiger partial charge in [-0.2, -0.15) is 0 Å². The van der Waals surface area contributed by atoms with Gasteiger partial charge in [0.25, 0.3) is 0 Å². The summed E-state index contributed by atoms with van der Waals surface area (Å²) < 4.78 is 5.58. The largest absolute Gasteiger partial charge is 0.376 e. The number of thiocarbonyl (C=S) groups is 1. The summed E-state index contributed by atoms with van der Waals surface area (Å²) in [6, 6.07) is 4.12. The molecule has 0 unspecified atom stereocenters. The highest BCUT2D eigenvalue weighted by Gasteiger charge is 2.17. The summed E-state index contributed by atoms with van der Waals surface area (Å²) in [6.07, 6.45) is 6.97. The molecule has 0 bridgehead atoms. The van der Waals surface area contributed by atoms with Gasteiger partial charge in [0.15, 0.2) is 5.11 Å². The zero-order valence-electron chi connectivity index (χ0n) is 13.8. The molecule has 0 saturated carbocycles. The van der Waals surface area contributed by atoms with Crippen LogP contribution in [0.1, 0.15) is 32.6 Å². The molecule has 1 aromatic rings. The predicted octanol–water partition coefficient (Wildman–Crippen LogP) is 2.78. The molecule has 3 rings (SSSR count). The predicted molar refractivity (Wildman–Crippen MR) is 98.0 cm³/mol. The molecule has 0 amide bonds. The SMILES string of the molecule is C[C@H]1CCCN(c2ccc(NC(=S)NC[C@H]3CCCO3)cn2)C1. The number of nitrogens with one attached hydrogen (secondary N) is 2. The van der Waals surface area contributed by atoms with E-state index in [1.807, 2.05) is 12.3 Å². The van der Waals surface area contributed by atoms with Crippen molar-refractivity contribution >= 4 is 28.8 Å². The van der Waals surface area contributed by atoms with Crippen molar-refractivity contribution in [1.29, 1.82) is 0 Å². The van der Waals surface area contributed by atoms with Gasteiger partial charge >= 0.3 is 0 Å². The van der Waals surface area contributed by atoms with Crippen LogP contribution in [0.2, 0.25) is 0 Å². The van der Waals surface area contributed by atoms with Gasteiger partial charge in [0.2, 0.25) is 0 Å². The molecule has 0 aliphatic carbocycles. The van der Waals surface area contributed by atoms with E-state index < -0.39 is 0 Å². The number of ether oxygens (including phenoxy) is 1. The number of piperidine rings is 1. The van der Waals surface area contributed by atoms with E-state index >= 15 is 0 Å². The van der Waals surface area contributed by atoms with E-state index in [2.05, 4.69) is 33.5 Å². The van der Waals surface area contributed by atoms with Crippen LogP contribution in [0.4, 0.5) is 11.5 Å². The Bertz CT molecular complexity index is 516. The molecule has 126 valence electrons. The smallest absolute Gasteiger partial charge is 0.170 e. The van der Waals surface area contributed by atoms with E-state index in [9.17, 15) is 0 Å². The van der Waals surface area contributed by atoms with Crippen molar-refractivity contribution in [3.05, 3.63) is 18.3 Å². The fourth-order valence-corrected chi connectivity index (χ4v) is 3.43. The van der Waals surface area contributed by atoms with Gasteiger partial charge in [-0.3, -0.25) is 0 Å². The van der Waals surface area contributed by atoms with Crippen molar-refractivity contribution in [2.45, 2.75) is 38.7 Å². The zero-order valence-corrected chi connectivity index (χ0v) is 14.6. The lowest BCUT2D eigenvalue weighted by Gasteiger charge is -2.31. The second-order valence-electron chi connectivity index (χ2n) is 6.57. The first-order chi connectivity index (χ1) is 11.2. The minimum atomic E-state index is 0.288. The Balaban J connectivity index is 1.47. The van der Waals surface area contributed by atoms with Gasteiger partial charge in [-0.05, 0) is 56.0 Å². The van der Waals surface area contributed by atoms with Crippen molar-refractivity contribution < 1.29 is 4.74 Å². The summed E-state index contributed by atoms with van der Waals surface area (Å²) in [5, 5.41) is 7.03. The van der Waals surface area contributed by atoms with Crippen LogP contribution >= 0.6 is 12.2 Å². The highest BCUT2D eigenvalue weighted by Crippen LogP contribution is 2.22. The average molecular weight is 334 g/mol. The highest BCUT2D eigenvalue weighted by molar-refractivity contribution is 7.80. The molecule has 2 aliphatic rings. The highest BCUT2D eigenvalue weighted by atomic mass is 32.1. The van der Waals surface area contributed by atoms with Crippen molar-refractivity contribution in [2.75, 3.05) is 36.5 Å². The Morgan fingerprint density at radius 1 is 1.39 bits per heavy atom. The van der Waals surface area contributed by atoms with Crippen molar-refractivity contribution in [1.82, 2.24) is 10.3 Å². The minimum Gasteiger partial charge on any atom is -0.376 e. The molecule has 1 aromatic heterocycles. The summed E-state index contributed by atoms with van der Waals surface area (Å²) in [4.78, 5) is 6.95. The molecular formula is C17H26N4OS. The average Bonchev–Trinajstić information content (AvgIpc) is 3.07. The normalized spacial score (nSPS) is 24.5. The summed E-state index contributed by atoms with van der Waals surface area (Å²) in [5.74, 6) is 1.80. The molecule has 0 aromatic carbocycles. The fourth-order valence-electron chi connectivity index (χ4n) is 3.23. The van der Waals surface area contributed by atoms with Crippen LogP contribution in [-0.2, 0) is 4.74 Å². The molecule has 5 nitrogen and oxygen atoms in total. The maximum atomic E-state index is 5.58. The van der Waals surface area contributed by atoms with Crippen LogP contribution in [0.25, 0.3) is 0 Å². The lowest BCUT2D eigenvalue weighted by atomic mass is 10.0. The molecule has 2 saturated heterocycles. The lowest BCUT2D eigenvalue weighted by Crippen LogP contribution is -2.35. The molecular weight excluding hydrogens is 308 g/mol. The van der Waals surface area contributed by atoms with Crippen LogP contribution in [0.3, 0.4) is 0 Å². The third kappa shape index (κ3) is 4.78. The third-order valence-electron chi connectivity index (χ3n) is 4.50. The Hall–Kier alpha value is -1.40. The first-order valence-corrected chi connectivity index (χ1v) is 8.99. The number of aromatic nitrogens is 1. The van der Waals surface area contributed by atoms with Crippen molar-refractivity contribution in [3.8, 4) is 0 Å². The molecule has 3 heterocycles. The number of hydrogen-bond acceptors (Lipinski definition) is 4. The summed E-state index contributed by atoms with van der Waals surface area (Å²) in [5.41, 5.74) is 0.920. The van der Waals surface area contributed by atoms with Crippen LogP contribution in [-0.4, -0.2) is 42.4 Å². The summed E-state index contributed by atoms with van der Waals surface area (Å²) in [6.45, 7) is 6.14. The van der Waals surface area contributed by atoms with Gasteiger partial charge < -0.3 is 20.3 Å². The maximum Gasteiger partial charge on any atom is 0.170 e. The Labute approximate surface area is 143 Å². The summed E-state index contributed by atoms with van der Waals surface area (Å²) in [7, 11) is 0. The minimum absolute atomic E-state index is 0.288. The van der Waals surface area contributed by atoms with E-state index in [1.165, 1.54) is 12.8 Å². The second kappa shape index (κ2) is 7.93. The number of nitrogens with zero attached hydrogens (tertiary/aromatic N) is 2. The summed E-state index contributed by atoms with van der Waals surface area (Å²) >= 11 is 5.33. The molecule has 0 radical (unpaired) electrons. The Kier molecular flexibility index (Phi) is 5.67. The van der Waals surface area contributed by atoms with E-state index in [-0.39, 0.29) is 6.10 Å². The van der Waals surface area contributed by atoms with E-state index in [1.54, 1.807) is 0 Å². The second-order valence-corrected chi connectivity index (χ2v) is 6.98. The lowest BCUT2D eigenvalue weighted by molar-refractivity contribution is 0.114. The topological polar surface area (TPSA) is 49.4 Å². The molecule has 2 aliphatic heterocycles. The molecule has 6 heteroatoms. The van der Waals surface area contributed by atoms with Crippen molar-refractivity contribution in [2.24, 2.45) is 5.92 Å². The third-order valence-corrected chi connectivity index (χ3v) is 4.75. The van der Waals surface area contributed by atoms with Crippen LogP contribution < -0.4 is 15.5 Å². The van der Waals surface area contributed by atoms with Crippen LogP contribution in [0.15, 0.2) is 18.3 Å². The fraction of sp³-hybridized carbons (Fsp3) is 0.647.